The Morgan fingerprint density at radius 3 is 1.94 bits per heavy atom. The van der Waals surface area contributed by atoms with E-state index in [1.165, 1.54) is 60.8 Å². The van der Waals surface area contributed by atoms with Gasteiger partial charge in [-0.05, 0) is 106 Å². The number of aromatic nitrogens is 1. The van der Waals surface area contributed by atoms with Gasteiger partial charge in [0.2, 0.25) is 0 Å². The number of hydrogen-bond donors (Lipinski definition) is 2. The first kappa shape index (κ1) is 36.6. The molecule has 254 valence electrons. The van der Waals surface area contributed by atoms with Crippen molar-refractivity contribution in [2.75, 3.05) is 5.73 Å². The summed E-state index contributed by atoms with van der Waals surface area (Å²) in [6.07, 6.45) is 9.04. The van der Waals surface area contributed by atoms with Crippen LogP contribution in [0.3, 0.4) is 0 Å². The quantitative estimate of drug-likeness (QED) is 0.133. The van der Waals surface area contributed by atoms with Crippen molar-refractivity contribution in [3.05, 3.63) is 94.1 Å². The molecule has 2 nitrogen and oxygen atoms in total. The number of nitrogen functional groups attached to an aromatic ring is 1. The number of fused-ring (bicyclic) bond motifs is 3. The normalized spacial score (nSPS) is 15.2. The number of anilines is 1. The Hall–Kier alpha value is -3.26. The molecule has 0 saturated carbocycles. The Kier molecular flexibility index (Phi) is 10.4. The number of nitrogens with one attached hydrogen (secondary N) is 1. The number of H-pyrrole nitrogens is 1. The van der Waals surface area contributed by atoms with Gasteiger partial charge in [-0.15, -0.1) is 0 Å². The molecule has 47 heavy (non-hydrogen) atoms. The van der Waals surface area contributed by atoms with Crippen molar-refractivity contribution in [3.8, 4) is 0 Å². The Bertz CT molecular complexity index is 1790. The van der Waals surface area contributed by atoms with Crippen molar-refractivity contribution in [1.82, 2.24) is 4.98 Å². The molecule has 0 saturated heterocycles. The fraction of sp³-hybridized carbons (Fsp3) is 0.511. The van der Waals surface area contributed by atoms with E-state index in [-0.39, 0.29) is 21.7 Å². The van der Waals surface area contributed by atoms with Crippen molar-refractivity contribution in [1.29, 1.82) is 0 Å². The van der Waals surface area contributed by atoms with Gasteiger partial charge in [-0.25, -0.2) is 0 Å². The smallest absolute Gasteiger partial charge is 0.0470 e. The molecule has 0 fully saturated rings. The van der Waals surface area contributed by atoms with Crippen LogP contribution in [0.1, 0.15) is 156 Å². The zero-order valence-electron chi connectivity index (χ0n) is 32.3. The average molecular weight is 633 g/mol. The summed E-state index contributed by atoms with van der Waals surface area (Å²) in [4.78, 5) is 3.72. The summed E-state index contributed by atoms with van der Waals surface area (Å²) in [5.74, 6) is 0.350. The molecule has 0 aliphatic heterocycles. The topological polar surface area (TPSA) is 41.8 Å². The van der Waals surface area contributed by atoms with Crippen LogP contribution in [0.5, 0.6) is 0 Å². The maximum atomic E-state index is 7.24. The van der Waals surface area contributed by atoms with Crippen molar-refractivity contribution in [2.24, 2.45) is 5.41 Å². The number of rotatable bonds is 10. The van der Waals surface area contributed by atoms with Crippen LogP contribution in [-0.2, 0) is 16.2 Å². The Labute approximate surface area is 287 Å². The minimum atomic E-state index is -0.0519. The van der Waals surface area contributed by atoms with Gasteiger partial charge in [0.05, 0.1) is 0 Å². The van der Waals surface area contributed by atoms with E-state index in [1.54, 1.807) is 0 Å². The molecule has 4 rings (SSSR count). The lowest BCUT2D eigenvalue weighted by molar-refractivity contribution is 0.433. The Morgan fingerprint density at radius 1 is 0.766 bits per heavy atom. The number of allylic oxidation sites excluding steroid dienone is 4. The number of hydrogen-bond acceptors (Lipinski definition) is 1. The largest absolute Gasteiger partial charge is 0.398 e. The molecule has 0 amide bonds. The second kappa shape index (κ2) is 13.3. The van der Waals surface area contributed by atoms with E-state index < -0.39 is 0 Å². The van der Waals surface area contributed by atoms with Crippen LogP contribution in [0.15, 0.2) is 66.3 Å². The highest BCUT2D eigenvalue weighted by atomic mass is 14.7. The molecular formula is C45H64N2. The first-order valence-electron chi connectivity index (χ1n) is 18.0. The fourth-order valence-electron chi connectivity index (χ4n) is 7.22. The minimum Gasteiger partial charge on any atom is -0.398 e. The number of benzene rings is 3. The predicted octanol–water partition coefficient (Wildman–Crippen LogP) is 13.5. The van der Waals surface area contributed by atoms with Gasteiger partial charge < -0.3 is 10.7 Å². The molecule has 4 aromatic rings. The van der Waals surface area contributed by atoms with Crippen LogP contribution < -0.4 is 5.73 Å². The van der Waals surface area contributed by atoms with Gasteiger partial charge in [-0.1, -0.05) is 144 Å². The molecule has 3 N–H and O–H groups in total. The minimum absolute atomic E-state index is 0.00795. The first-order chi connectivity index (χ1) is 21.7. The van der Waals surface area contributed by atoms with Crippen molar-refractivity contribution in [2.45, 2.75) is 145 Å². The van der Waals surface area contributed by atoms with Gasteiger partial charge in [0, 0.05) is 27.5 Å². The average Bonchev–Trinajstić information content (AvgIpc) is 3.34. The summed E-state index contributed by atoms with van der Waals surface area (Å²) in [6, 6.07) is 18.5. The monoisotopic (exact) mass is 633 g/mol. The number of aromatic amines is 1. The molecule has 1 atom stereocenters. The van der Waals surface area contributed by atoms with E-state index >= 15 is 0 Å². The molecule has 1 unspecified atom stereocenters. The second-order valence-electron chi connectivity index (χ2n) is 17.7. The molecule has 3 aromatic carbocycles. The summed E-state index contributed by atoms with van der Waals surface area (Å²) < 4.78 is 0. The van der Waals surface area contributed by atoms with Crippen LogP contribution in [0, 0.1) is 5.41 Å². The Morgan fingerprint density at radius 2 is 1.36 bits per heavy atom. The van der Waals surface area contributed by atoms with Crippen molar-refractivity contribution in [3.63, 3.8) is 0 Å². The molecule has 0 aliphatic carbocycles. The molecule has 0 bridgehead atoms. The molecule has 0 radical (unpaired) electrons. The van der Waals surface area contributed by atoms with Crippen LogP contribution in [0.2, 0.25) is 0 Å². The van der Waals surface area contributed by atoms with Gasteiger partial charge in [0.1, 0.15) is 0 Å². The SMILES string of the molecule is CCCC(C)(C/C=C(\C)c1ccc2c(c1)[nH]c1cc(C(C)(C)C)ccc12)c1ccc(C(C)(C)C/C=C(\C)C(C)(C)C)c(C(C)C)c1N. The highest BCUT2D eigenvalue weighted by Gasteiger charge is 2.32. The summed E-state index contributed by atoms with van der Waals surface area (Å²) >= 11 is 0. The molecule has 1 heterocycles. The fourth-order valence-corrected chi connectivity index (χ4v) is 7.22. The predicted molar refractivity (Wildman–Crippen MR) is 211 cm³/mol. The zero-order valence-corrected chi connectivity index (χ0v) is 32.3. The third-order valence-electron chi connectivity index (χ3n) is 10.9. The van der Waals surface area contributed by atoms with Crippen LogP contribution >= 0.6 is 0 Å². The number of nitrogens with two attached hydrogens (primary N) is 1. The summed E-state index contributed by atoms with van der Waals surface area (Å²) in [5.41, 5.74) is 20.3. The molecule has 1 aromatic heterocycles. The Balaban J connectivity index is 1.69. The molecule has 0 spiro atoms. The summed E-state index contributed by atoms with van der Waals surface area (Å²) in [7, 11) is 0. The highest BCUT2D eigenvalue weighted by Crippen LogP contribution is 2.45. The van der Waals surface area contributed by atoms with Crippen LogP contribution in [0.4, 0.5) is 5.69 Å². The van der Waals surface area contributed by atoms with E-state index in [9.17, 15) is 0 Å². The van der Waals surface area contributed by atoms with E-state index in [4.69, 9.17) is 5.73 Å². The second-order valence-corrected chi connectivity index (χ2v) is 17.7. The van der Waals surface area contributed by atoms with Gasteiger partial charge >= 0.3 is 0 Å². The third-order valence-corrected chi connectivity index (χ3v) is 10.9. The maximum Gasteiger partial charge on any atom is 0.0470 e. The standard InChI is InChI=1S/C45H64N2/c1-15-24-45(14,37-21-20-36(40(29(2)3)41(37)46)44(12,13)25-23-31(5)42(6,7)8)26-22-30(4)32-16-18-34-35-19-17-33(43(9,10)11)28-39(35)47-38(34)27-32/h16-23,27-29,47H,15,24-26,46H2,1-14H3/b30-22+,31-23+. The lowest BCUT2D eigenvalue weighted by Crippen LogP contribution is -2.26. The summed E-state index contributed by atoms with van der Waals surface area (Å²) in [5, 5.41) is 2.58. The van der Waals surface area contributed by atoms with Gasteiger partial charge in [0.15, 0.2) is 0 Å². The van der Waals surface area contributed by atoms with Crippen LogP contribution in [0.25, 0.3) is 27.4 Å². The first-order valence-corrected chi connectivity index (χ1v) is 18.0. The van der Waals surface area contributed by atoms with Crippen molar-refractivity contribution < 1.29 is 0 Å². The molecular weight excluding hydrogens is 569 g/mol. The van der Waals surface area contributed by atoms with Gasteiger partial charge in [-0.3, -0.25) is 0 Å². The zero-order chi connectivity index (χ0) is 35.1. The highest BCUT2D eigenvalue weighted by molar-refractivity contribution is 6.08. The maximum absolute atomic E-state index is 7.24. The van der Waals surface area contributed by atoms with E-state index in [2.05, 4.69) is 163 Å². The van der Waals surface area contributed by atoms with E-state index in [0.717, 1.165) is 31.4 Å². The van der Waals surface area contributed by atoms with E-state index in [1.807, 2.05) is 0 Å². The molecule has 2 heteroatoms. The van der Waals surface area contributed by atoms with Crippen molar-refractivity contribution >= 4 is 33.1 Å². The van der Waals surface area contributed by atoms with Gasteiger partial charge in [0.25, 0.3) is 0 Å². The summed E-state index contributed by atoms with van der Waals surface area (Å²) in [6.45, 7) is 32.3. The third kappa shape index (κ3) is 7.74. The molecule has 0 aliphatic rings. The van der Waals surface area contributed by atoms with Crippen LogP contribution in [-0.4, -0.2) is 4.98 Å². The lowest BCUT2D eigenvalue weighted by atomic mass is 9.70. The van der Waals surface area contributed by atoms with E-state index in [0.29, 0.717) is 5.92 Å². The lowest BCUT2D eigenvalue weighted by Gasteiger charge is -2.35. The van der Waals surface area contributed by atoms with Gasteiger partial charge in [-0.2, -0.15) is 0 Å².